The summed E-state index contributed by atoms with van der Waals surface area (Å²) in [6.07, 6.45) is 7.10. The zero-order valence-electron chi connectivity index (χ0n) is 17.0. The van der Waals surface area contributed by atoms with Crippen LogP contribution in [0.25, 0.3) is 0 Å². The Morgan fingerprint density at radius 2 is 1.59 bits per heavy atom. The molecule has 0 N–H and O–H groups in total. The van der Waals surface area contributed by atoms with Gasteiger partial charge in [0.1, 0.15) is 5.82 Å². The monoisotopic (exact) mass is 382 g/mol. The molecular formula is C28H27F. The third kappa shape index (κ3) is 4.96. The summed E-state index contributed by atoms with van der Waals surface area (Å²) < 4.78 is 13.0. The van der Waals surface area contributed by atoms with Crippen molar-refractivity contribution in [2.75, 3.05) is 0 Å². The topological polar surface area (TPSA) is 0 Å². The molecule has 0 heterocycles. The van der Waals surface area contributed by atoms with E-state index in [9.17, 15) is 4.39 Å². The van der Waals surface area contributed by atoms with E-state index in [2.05, 4.69) is 61.2 Å². The highest BCUT2D eigenvalue weighted by Crippen LogP contribution is 2.33. The van der Waals surface area contributed by atoms with Crippen molar-refractivity contribution in [1.82, 2.24) is 0 Å². The predicted octanol–water partition coefficient (Wildman–Crippen LogP) is 6.84. The van der Waals surface area contributed by atoms with Crippen LogP contribution in [0.5, 0.6) is 0 Å². The SMILES string of the molecule is CCCCc1ccc(C2CCc3cc(C#Cc4ccc(F)cc4)ccc3C2)cc1. The van der Waals surface area contributed by atoms with Crippen molar-refractivity contribution < 1.29 is 4.39 Å². The third-order valence-electron chi connectivity index (χ3n) is 5.90. The Kier molecular flexibility index (Phi) is 6.11. The van der Waals surface area contributed by atoms with Gasteiger partial charge in [0.2, 0.25) is 0 Å². The fraction of sp³-hybridized carbons (Fsp3) is 0.286. The molecule has 1 aliphatic rings. The summed E-state index contributed by atoms with van der Waals surface area (Å²) in [6, 6.07) is 22.2. The van der Waals surface area contributed by atoms with Crippen LogP contribution in [0.4, 0.5) is 4.39 Å². The van der Waals surface area contributed by atoms with Gasteiger partial charge in [-0.3, -0.25) is 0 Å². The first kappa shape index (κ1) is 19.5. The number of aryl methyl sites for hydroxylation is 2. The summed E-state index contributed by atoms with van der Waals surface area (Å²) in [5.41, 5.74) is 7.67. The van der Waals surface area contributed by atoms with Gasteiger partial charge in [-0.25, -0.2) is 4.39 Å². The molecule has 1 unspecified atom stereocenters. The molecule has 146 valence electrons. The van der Waals surface area contributed by atoms with E-state index in [0.29, 0.717) is 5.92 Å². The van der Waals surface area contributed by atoms with E-state index in [-0.39, 0.29) is 5.82 Å². The van der Waals surface area contributed by atoms with Crippen LogP contribution in [0.3, 0.4) is 0 Å². The minimum Gasteiger partial charge on any atom is -0.207 e. The summed E-state index contributed by atoms with van der Waals surface area (Å²) in [5.74, 6) is 6.74. The maximum absolute atomic E-state index is 13.0. The van der Waals surface area contributed by atoms with Gasteiger partial charge in [-0.15, -0.1) is 0 Å². The van der Waals surface area contributed by atoms with Crippen LogP contribution in [0, 0.1) is 17.7 Å². The normalized spacial score (nSPS) is 15.3. The average molecular weight is 383 g/mol. The molecule has 0 fully saturated rings. The van der Waals surface area contributed by atoms with Crippen LogP contribution < -0.4 is 0 Å². The molecule has 4 rings (SSSR count). The summed E-state index contributed by atoms with van der Waals surface area (Å²) >= 11 is 0. The Balaban J connectivity index is 1.45. The number of halogens is 1. The zero-order chi connectivity index (χ0) is 20.1. The molecule has 0 aromatic heterocycles. The largest absolute Gasteiger partial charge is 0.207 e. The molecule has 0 nitrogen and oxygen atoms in total. The smallest absolute Gasteiger partial charge is 0.123 e. The van der Waals surface area contributed by atoms with E-state index < -0.39 is 0 Å². The minimum atomic E-state index is -0.227. The Bertz CT molecular complexity index is 1020. The molecular weight excluding hydrogens is 355 g/mol. The molecule has 0 saturated carbocycles. The number of hydrogen-bond donors (Lipinski definition) is 0. The van der Waals surface area contributed by atoms with E-state index in [1.165, 1.54) is 60.1 Å². The second-order valence-corrected chi connectivity index (χ2v) is 8.03. The molecule has 1 heteroatoms. The van der Waals surface area contributed by atoms with E-state index in [0.717, 1.165) is 24.0 Å². The second-order valence-electron chi connectivity index (χ2n) is 8.03. The van der Waals surface area contributed by atoms with Gasteiger partial charge in [0.25, 0.3) is 0 Å². The van der Waals surface area contributed by atoms with Crippen LogP contribution in [0.15, 0.2) is 66.7 Å². The molecule has 3 aromatic rings. The van der Waals surface area contributed by atoms with E-state index in [4.69, 9.17) is 0 Å². The van der Waals surface area contributed by atoms with Gasteiger partial charge in [0.15, 0.2) is 0 Å². The Hall–Kier alpha value is -2.85. The molecule has 1 aliphatic carbocycles. The number of hydrogen-bond acceptors (Lipinski definition) is 0. The van der Waals surface area contributed by atoms with Crippen LogP contribution in [0.2, 0.25) is 0 Å². The molecule has 0 saturated heterocycles. The van der Waals surface area contributed by atoms with Gasteiger partial charge < -0.3 is 0 Å². The van der Waals surface area contributed by atoms with E-state index in [1.807, 2.05) is 0 Å². The summed E-state index contributed by atoms with van der Waals surface area (Å²) in [7, 11) is 0. The first-order chi connectivity index (χ1) is 14.2. The van der Waals surface area contributed by atoms with Gasteiger partial charge in [-0.1, -0.05) is 55.5 Å². The Morgan fingerprint density at radius 1 is 0.862 bits per heavy atom. The molecule has 3 aromatic carbocycles. The van der Waals surface area contributed by atoms with Crippen molar-refractivity contribution >= 4 is 0 Å². The van der Waals surface area contributed by atoms with Crippen molar-refractivity contribution in [3.05, 3.63) is 106 Å². The van der Waals surface area contributed by atoms with Gasteiger partial charge >= 0.3 is 0 Å². The van der Waals surface area contributed by atoms with Crippen molar-refractivity contribution in [1.29, 1.82) is 0 Å². The van der Waals surface area contributed by atoms with Gasteiger partial charge in [0.05, 0.1) is 0 Å². The van der Waals surface area contributed by atoms with E-state index in [1.54, 1.807) is 12.1 Å². The summed E-state index contributed by atoms with van der Waals surface area (Å²) in [6.45, 7) is 2.24. The first-order valence-electron chi connectivity index (χ1n) is 10.7. The van der Waals surface area contributed by atoms with Gasteiger partial charge in [0, 0.05) is 11.1 Å². The third-order valence-corrected chi connectivity index (χ3v) is 5.90. The maximum Gasteiger partial charge on any atom is 0.123 e. The summed E-state index contributed by atoms with van der Waals surface area (Å²) in [5, 5.41) is 0. The highest BCUT2D eigenvalue weighted by molar-refractivity contribution is 5.47. The molecule has 29 heavy (non-hydrogen) atoms. The molecule has 0 radical (unpaired) electrons. The van der Waals surface area contributed by atoms with Crippen molar-refractivity contribution in [2.24, 2.45) is 0 Å². The fourth-order valence-electron chi connectivity index (χ4n) is 4.13. The molecule has 0 bridgehead atoms. The lowest BCUT2D eigenvalue weighted by Gasteiger charge is -2.25. The van der Waals surface area contributed by atoms with E-state index >= 15 is 0 Å². The van der Waals surface area contributed by atoms with Crippen LogP contribution in [-0.2, 0) is 19.3 Å². The number of fused-ring (bicyclic) bond motifs is 1. The molecule has 0 amide bonds. The maximum atomic E-state index is 13.0. The molecule has 0 aliphatic heterocycles. The van der Waals surface area contributed by atoms with Gasteiger partial charge in [-0.2, -0.15) is 0 Å². The fourth-order valence-corrected chi connectivity index (χ4v) is 4.13. The van der Waals surface area contributed by atoms with Crippen molar-refractivity contribution in [2.45, 2.75) is 51.4 Å². The van der Waals surface area contributed by atoms with Crippen LogP contribution in [0.1, 0.15) is 65.5 Å². The zero-order valence-corrected chi connectivity index (χ0v) is 17.0. The average Bonchev–Trinajstić information content (AvgIpc) is 2.77. The number of benzene rings is 3. The minimum absolute atomic E-state index is 0.227. The van der Waals surface area contributed by atoms with Crippen molar-refractivity contribution in [3.63, 3.8) is 0 Å². The second kappa shape index (κ2) is 9.10. The lowest BCUT2D eigenvalue weighted by atomic mass is 9.79. The lowest BCUT2D eigenvalue weighted by molar-refractivity contribution is 0.584. The Labute approximate surface area is 173 Å². The Morgan fingerprint density at radius 3 is 2.34 bits per heavy atom. The van der Waals surface area contributed by atoms with Crippen LogP contribution in [-0.4, -0.2) is 0 Å². The standard InChI is InChI=1S/C28H27F/c1-2-3-4-21-7-12-24(13-8-21)26-16-15-25-19-23(9-14-27(25)20-26)6-5-22-10-17-28(29)18-11-22/h7-14,17-19,26H,2-4,15-16,20H2,1H3. The van der Waals surface area contributed by atoms with Crippen LogP contribution >= 0.6 is 0 Å². The van der Waals surface area contributed by atoms with Crippen molar-refractivity contribution in [3.8, 4) is 11.8 Å². The number of rotatable bonds is 4. The first-order valence-corrected chi connectivity index (χ1v) is 10.7. The number of unbranched alkanes of at least 4 members (excludes halogenated alkanes) is 1. The molecule has 1 atom stereocenters. The quantitative estimate of drug-likeness (QED) is 0.433. The highest BCUT2D eigenvalue weighted by Gasteiger charge is 2.20. The lowest BCUT2D eigenvalue weighted by Crippen LogP contribution is -2.13. The predicted molar refractivity (Wildman–Crippen MR) is 119 cm³/mol. The molecule has 0 spiro atoms. The van der Waals surface area contributed by atoms with Gasteiger partial charge in [-0.05, 0) is 96.7 Å². The summed E-state index contributed by atoms with van der Waals surface area (Å²) in [4.78, 5) is 0. The highest BCUT2D eigenvalue weighted by atomic mass is 19.1.